The van der Waals surface area contributed by atoms with Crippen molar-refractivity contribution in [3.8, 4) is 5.75 Å². The summed E-state index contributed by atoms with van der Waals surface area (Å²) < 4.78 is 28.7. The molecule has 3 rings (SSSR count). The maximum Gasteiger partial charge on any atom is 0.387 e. The van der Waals surface area contributed by atoms with Crippen molar-refractivity contribution in [2.24, 2.45) is 0 Å². The third kappa shape index (κ3) is 3.36. The average molecular weight is 323 g/mol. The van der Waals surface area contributed by atoms with Gasteiger partial charge in [-0.05, 0) is 24.6 Å². The smallest absolute Gasteiger partial charge is 0.387 e. The molecular formula is C15H15F2N3O3. The number of carbonyl (C=O) groups excluding carboxylic acids is 2. The van der Waals surface area contributed by atoms with Crippen LogP contribution in [0.4, 0.5) is 8.78 Å². The first-order valence-electron chi connectivity index (χ1n) is 6.96. The van der Waals surface area contributed by atoms with Crippen molar-refractivity contribution in [3.63, 3.8) is 0 Å². The molecule has 0 spiro atoms. The van der Waals surface area contributed by atoms with Gasteiger partial charge in [-0.15, -0.1) is 0 Å². The third-order valence-electron chi connectivity index (χ3n) is 3.50. The Labute approximate surface area is 131 Å². The first kappa shape index (κ1) is 15.1. The molecule has 8 heteroatoms. The largest absolute Gasteiger partial charge is 0.435 e. The maximum atomic E-state index is 12.2. The molecule has 0 radical (unpaired) electrons. The van der Waals surface area contributed by atoms with Gasteiger partial charge < -0.3 is 15.4 Å². The second kappa shape index (κ2) is 6.15. The van der Waals surface area contributed by atoms with Crippen LogP contribution in [0, 0.1) is 0 Å². The molecule has 1 aromatic heterocycles. The Morgan fingerprint density at radius 3 is 2.96 bits per heavy atom. The summed E-state index contributed by atoms with van der Waals surface area (Å²) in [6.07, 6.45) is 1.87. The SMILES string of the molecule is O=C(N[C@H]1CCNC1=O)c1cnc2cc(OC(F)F)ccc2c1.[HH]. The van der Waals surface area contributed by atoms with E-state index < -0.39 is 18.6 Å². The first-order valence-corrected chi connectivity index (χ1v) is 6.96. The van der Waals surface area contributed by atoms with Gasteiger partial charge >= 0.3 is 6.61 Å². The minimum absolute atomic E-state index is 0. The van der Waals surface area contributed by atoms with E-state index in [9.17, 15) is 18.4 Å². The molecule has 1 saturated heterocycles. The number of benzene rings is 1. The molecule has 0 bridgehead atoms. The number of amides is 2. The Hall–Kier alpha value is -2.77. The maximum absolute atomic E-state index is 12.2. The van der Waals surface area contributed by atoms with Crippen molar-refractivity contribution in [1.82, 2.24) is 15.6 Å². The highest BCUT2D eigenvalue weighted by molar-refractivity contribution is 6.00. The van der Waals surface area contributed by atoms with Gasteiger partial charge in [0.2, 0.25) is 5.91 Å². The van der Waals surface area contributed by atoms with E-state index in [1.807, 2.05) is 0 Å². The molecule has 2 N–H and O–H groups in total. The number of nitrogens with one attached hydrogen (secondary N) is 2. The number of alkyl halides is 2. The van der Waals surface area contributed by atoms with Gasteiger partial charge in [0.05, 0.1) is 11.1 Å². The van der Waals surface area contributed by atoms with Gasteiger partial charge in [-0.2, -0.15) is 8.78 Å². The molecule has 0 aliphatic carbocycles. The van der Waals surface area contributed by atoms with Crippen molar-refractivity contribution in [3.05, 3.63) is 36.0 Å². The minimum Gasteiger partial charge on any atom is -0.435 e. The van der Waals surface area contributed by atoms with Crippen LogP contribution in [0.15, 0.2) is 30.5 Å². The Morgan fingerprint density at radius 2 is 2.26 bits per heavy atom. The van der Waals surface area contributed by atoms with Crippen LogP contribution in [0.2, 0.25) is 0 Å². The summed E-state index contributed by atoms with van der Waals surface area (Å²) in [5.41, 5.74) is 0.720. The van der Waals surface area contributed by atoms with E-state index in [1.54, 1.807) is 12.1 Å². The van der Waals surface area contributed by atoms with Gasteiger partial charge in [0.15, 0.2) is 0 Å². The average Bonchev–Trinajstić information content (AvgIpc) is 2.91. The van der Waals surface area contributed by atoms with Crippen molar-refractivity contribution in [2.45, 2.75) is 19.1 Å². The number of hydrogen-bond donors (Lipinski definition) is 2. The molecule has 2 heterocycles. The summed E-state index contributed by atoms with van der Waals surface area (Å²) >= 11 is 0. The fourth-order valence-electron chi connectivity index (χ4n) is 2.37. The predicted molar refractivity (Wildman–Crippen MR) is 79.4 cm³/mol. The van der Waals surface area contributed by atoms with Crippen LogP contribution in [-0.4, -0.2) is 36.0 Å². The summed E-state index contributed by atoms with van der Waals surface area (Å²) in [5, 5.41) is 5.87. The van der Waals surface area contributed by atoms with E-state index in [1.165, 1.54) is 18.3 Å². The van der Waals surface area contributed by atoms with Gasteiger partial charge in [-0.3, -0.25) is 14.6 Å². The predicted octanol–water partition coefficient (Wildman–Crippen LogP) is 1.70. The number of fused-ring (bicyclic) bond motifs is 1. The van der Waals surface area contributed by atoms with Crippen LogP contribution in [0.25, 0.3) is 10.9 Å². The summed E-state index contributed by atoms with van der Waals surface area (Å²) in [4.78, 5) is 27.7. The minimum atomic E-state index is -2.91. The summed E-state index contributed by atoms with van der Waals surface area (Å²) in [7, 11) is 0. The van der Waals surface area contributed by atoms with E-state index >= 15 is 0 Å². The lowest BCUT2D eigenvalue weighted by Crippen LogP contribution is -2.40. The van der Waals surface area contributed by atoms with Gasteiger partial charge in [-0.25, -0.2) is 0 Å². The van der Waals surface area contributed by atoms with Gasteiger partial charge in [0.25, 0.3) is 5.91 Å². The van der Waals surface area contributed by atoms with Crippen molar-refractivity contribution in [2.75, 3.05) is 6.54 Å². The second-order valence-corrected chi connectivity index (χ2v) is 5.06. The summed E-state index contributed by atoms with van der Waals surface area (Å²) in [5.74, 6) is -0.616. The summed E-state index contributed by atoms with van der Waals surface area (Å²) in [6.45, 7) is -2.37. The Balaban J connectivity index is 0.00000208. The zero-order chi connectivity index (χ0) is 16.4. The Kier molecular flexibility index (Phi) is 4.05. The molecule has 2 amide bonds. The van der Waals surface area contributed by atoms with Gasteiger partial charge in [0, 0.05) is 25.6 Å². The number of rotatable bonds is 4. The van der Waals surface area contributed by atoms with E-state index in [0.717, 1.165) is 0 Å². The molecular weight excluding hydrogens is 308 g/mol. The fourth-order valence-corrected chi connectivity index (χ4v) is 2.37. The Morgan fingerprint density at radius 1 is 1.43 bits per heavy atom. The molecule has 122 valence electrons. The number of hydrogen-bond acceptors (Lipinski definition) is 4. The van der Waals surface area contributed by atoms with E-state index in [0.29, 0.717) is 29.4 Å². The van der Waals surface area contributed by atoms with E-state index in [4.69, 9.17) is 0 Å². The van der Waals surface area contributed by atoms with Crippen molar-refractivity contribution < 1.29 is 24.5 Å². The fraction of sp³-hybridized carbons (Fsp3) is 0.267. The highest BCUT2D eigenvalue weighted by atomic mass is 19.3. The lowest BCUT2D eigenvalue weighted by molar-refractivity contribution is -0.120. The zero-order valence-electron chi connectivity index (χ0n) is 11.9. The van der Waals surface area contributed by atoms with E-state index in [-0.39, 0.29) is 13.1 Å². The monoisotopic (exact) mass is 323 g/mol. The highest BCUT2D eigenvalue weighted by Gasteiger charge is 2.26. The van der Waals surface area contributed by atoms with Crippen LogP contribution >= 0.6 is 0 Å². The Bertz CT molecular complexity index is 773. The molecule has 2 aromatic rings. The number of pyridine rings is 1. The van der Waals surface area contributed by atoms with Crippen molar-refractivity contribution >= 4 is 22.7 Å². The molecule has 1 atom stereocenters. The molecule has 0 unspecified atom stereocenters. The number of ether oxygens (including phenoxy) is 1. The third-order valence-corrected chi connectivity index (χ3v) is 3.50. The van der Waals surface area contributed by atoms with Crippen LogP contribution in [0.1, 0.15) is 18.2 Å². The molecule has 23 heavy (non-hydrogen) atoms. The molecule has 1 aliphatic heterocycles. The lowest BCUT2D eigenvalue weighted by Gasteiger charge is -2.10. The molecule has 6 nitrogen and oxygen atoms in total. The van der Waals surface area contributed by atoms with Crippen LogP contribution in [0.5, 0.6) is 5.75 Å². The normalized spacial score (nSPS) is 17.3. The molecule has 1 aromatic carbocycles. The van der Waals surface area contributed by atoms with Gasteiger partial charge in [-0.1, -0.05) is 0 Å². The number of halogens is 2. The van der Waals surface area contributed by atoms with Crippen LogP contribution in [0.3, 0.4) is 0 Å². The quantitative estimate of drug-likeness (QED) is 0.897. The van der Waals surface area contributed by atoms with Crippen LogP contribution < -0.4 is 15.4 Å². The van der Waals surface area contributed by atoms with Crippen molar-refractivity contribution in [1.29, 1.82) is 0 Å². The molecule has 1 fully saturated rings. The van der Waals surface area contributed by atoms with Crippen LogP contribution in [-0.2, 0) is 4.79 Å². The second-order valence-electron chi connectivity index (χ2n) is 5.06. The first-order chi connectivity index (χ1) is 11.0. The van der Waals surface area contributed by atoms with Gasteiger partial charge in [0.1, 0.15) is 11.8 Å². The topological polar surface area (TPSA) is 80.3 Å². The van der Waals surface area contributed by atoms with E-state index in [2.05, 4.69) is 20.4 Å². The molecule has 1 aliphatic rings. The summed E-state index contributed by atoms with van der Waals surface area (Å²) in [6, 6.07) is 5.33. The lowest BCUT2D eigenvalue weighted by atomic mass is 10.1. The standard InChI is InChI=1S/C15H13F2N3O3.H2/c16-15(17)23-10-2-1-8-5-9(7-19-12(8)6-10)13(21)20-11-3-4-18-14(11)22;/h1-2,5-7,11,15H,3-4H2,(H,18,22)(H,20,21);1H/t11-;/m0./s1. The molecule has 0 saturated carbocycles. The number of carbonyl (C=O) groups is 2. The zero-order valence-corrected chi connectivity index (χ0v) is 11.9. The highest BCUT2D eigenvalue weighted by Crippen LogP contribution is 2.21. The number of nitrogens with zero attached hydrogens (tertiary/aromatic N) is 1. The number of aromatic nitrogens is 1.